The maximum atomic E-state index is 11.9. The van der Waals surface area contributed by atoms with Crippen LogP contribution in [0.2, 0.25) is 0 Å². The molecule has 3 rings (SSSR count). The fourth-order valence-electron chi connectivity index (χ4n) is 1.66. The lowest BCUT2D eigenvalue weighted by molar-refractivity contribution is 0.102. The summed E-state index contributed by atoms with van der Waals surface area (Å²) in [5, 5.41) is 10.7. The summed E-state index contributed by atoms with van der Waals surface area (Å²) in [6.07, 6.45) is 3.38. The number of carbonyl (C=O) groups excluding carboxylic acids is 1. The highest BCUT2D eigenvalue weighted by Gasteiger charge is 2.07. The largest absolute Gasteiger partial charge is 0.319 e. The number of hydrogen-bond donors (Lipinski definition) is 1. The van der Waals surface area contributed by atoms with Gasteiger partial charge in [0.05, 0.1) is 29.3 Å². The van der Waals surface area contributed by atoms with E-state index in [1.165, 1.54) is 11.3 Å². The molecule has 0 unspecified atom stereocenters. The Labute approximate surface area is 107 Å². The molecule has 3 aromatic rings. The van der Waals surface area contributed by atoms with Crippen molar-refractivity contribution >= 4 is 28.6 Å². The van der Waals surface area contributed by atoms with E-state index in [2.05, 4.69) is 15.4 Å². The van der Waals surface area contributed by atoms with Crippen LogP contribution in [0.4, 0.5) is 5.69 Å². The van der Waals surface area contributed by atoms with Crippen LogP contribution in [0.1, 0.15) is 16.1 Å². The van der Waals surface area contributed by atoms with Gasteiger partial charge in [-0.05, 0) is 18.4 Å². The van der Waals surface area contributed by atoms with Crippen LogP contribution < -0.4 is 5.32 Å². The molecule has 5 nitrogen and oxygen atoms in total. The topological polar surface area (TPSA) is 59.3 Å². The Bertz CT molecular complexity index is 702. The van der Waals surface area contributed by atoms with Gasteiger partial charge in [-0.15, -0.1) is 0 Å². The molecule has 0 aromatic carbocycles. The third-order valence-electron chi connectivity index (χ3n) is 2.48. The average Bonchev–Trinajstić information content (AvgIpc) is 2.95. The average molecular weight is 258 g/mol. The summed E-state index contributed by atoms with van der Waals surface area (Å²) in [4.78, 5) is 16.1. The van der Waals surface area contributed by atoms with E-state index >= 15 is 0 Å². The van der Waals surface area contributed by atoms with Crippen LogP contribution in [-0.4, -0.2) is 20.5 Å². The van der Waals surface area contributed by atoms with Crippen molar-refractivity contribution in [3.63, 3.8) is 0 Å². The number of rotatable bonds is 2. The molecule has 3 heterocycles. The molecule has 0 atom stereocenters. The Morgan fingerprint density at radius 3 is 3.17 bits per heavy atom. The standard InChI is InChI=1S/C12H10N4OS/c1-8-4-11-13-5-10(6-16(11)15-8)14-12(17)9-2-3-18-7-9/h2-7H,1H3,(H,14,17). The molecule has 18 heavy (non-hydrogen) atoms. The summed E-state index contributed by atoms with van der Waals surface area (Å²) in [5.41, 5.74) is 2.93. The van der Waals surface area contributed by atoms with Crippen molar-refractivity contribution in [2.24, 2.45) is 0 Å². The van der Waals surface area contributed by atoms with Gasteiger partial charge in [-0.25, -0.2) is 9.50 Å². The maximum absolute atomic E-state index is 11.9. The maximum Gasteiger partial charge on any atom is 0.256 e. The van der Waals surface area contributed by atoms with E-state index in [1.807, 2.05) is 18.4 Å². The van der Waals surface area contributed by atoms with Crippen LogP contribution in [0.25, 0.3) is 5.65 Å². The minimum absolute atomic E-state index is 0.138. The first-order chi connectivity index (χ1) is 8.72. The number of nitrogens with one attached hydrogen (secondary N) is 1. The Kier molecular flexibility index (Phi) is 2.56. The Morgan fingerprint density at radius 1 is 1.50 bits per heavy atom. The lowest BCUT2D eigenvalue weighted by Crippen LogP contribution is -2.11. The van der Waals surface area contributed by atoms with Crippen molar-refractivity contribution in [1.29, 1.82) is 0 Å². The molecule has 1 amide bonds. The summed E-state index contributed by atoms with van der Waals surface area (Å²) in [6.45, 7) is 1.90. The zero-order valence-electron chi connectivity index (χ0n) is 9.62. The third kappa shape index (κ3) is 1.98. The first-order valence-electron chi connectivity index (χ1n) is 5.38. The molecule has 3 aromatic heterocycles. The molecule has 90 valence electrons. The van der Waals surface area contributed by atoms with Crippen molar-refractivity contribution in [3.05, 3.63) is 46.5 Å². The van der Waals surface area contributed by atoms with E-state index in [0.29, 0.717) is 11.3 Å². The van der Waals surface area contributed by atoms with Crippen LogP contribution in [0, 0.1) is 6.92 Å². The predicted molar refractivity (Wildman–Crippen MR) is 70.0 cm³/mol. The predicted octanol–water partition coefficient (Wildman–Crippen LogP) is 2.35. The first kappa shape index (κ1) is 10.9. The fourth-order valence-corrected chi connectivity index (χ4v) is 2.29. The number of aryl methyl sites for hydroxylation is 1. The molecule has 0 saturated carbocycles. The van der Waals surface area contributed by atoms with Gasteiger partial charge >= 0.3 is 0 Å². The SMILES string of the molecule is Cc1cc2ncc(NC(=O)c3ccsc3)cn2n1. The second-order valence-electron chi connectivity index (χ2n) is 3.90. The molecule has 0 spiro atoms. The van der Waals surface area contributed by atoms with Crippen LogP contribution >= 0.6 is 11.3 Å². The minimum atomic E-state index is -0.138. The summed E-state index contributed by atoms with van der Waals surface area (Å²) in [7, 11) is 0. The molecule has 0 aliphatic rings. The van der Waals surface area contributed by atoms with Crippen LogP contribution in [-0.2, 0) is 0 Å². The van der Waals surface area contributed by atoms with E-state index in [9.17, 15) is 4.79 Å². The minimum Gasteiger partial charge on any atom is -0.319 e. The van der Waals surface area contributed by atoms with Gasteiger partial charge in [-0.2, -0.15) is 16.4 Å². The molecule has 1 N–H and O–H groups in total. The Morgan fingerprint density at radius 2 is 2.39 bits per heavy atom. The van der Waals surface area contributed by atoms with Gasteiger partial charge in [0.1, 0.15) is 0 Å². The van der Waals surface area contributed by atoms with Gasteiger partial charge in [0.15, 0.2) is 5.65 Å². The van der Waals surface area contributed by atoms with Crippen molar-refractivity contribution in [2.45, 2.75) is 6.92 Å². The summed E-state index contributed by atoms with van der Waals surface area (Å²) in [6, 6.07) is 3.66. The number of anilines is 1. The van der Waals surface area contributed by atoms with Crippen molar-refractivity contribution < 1.29 is 4.79 Å². The second-order valence-corrected chi connectivity index (χ2v) is 4.68. The number of nitrogens with zero attached hydrogens (tertiary/aromatic N) is 3. The van der Waals surface area contributed by atoms with Gasteiger partial charge in [0.2, 0.25) is 0 Å². The number of amides is 1. The number of aromatic nitrogens is 3. The van der Waals surface area contributed by atoms with E-state index in [-0.39, 0.29) is 5.91 Å². The molecular weight excluding hydrogens is 248 g/mol. The van der Waals surface area contributed by atoms with Crippen LogP contribution in [0.5, 0.6) is 0 Å². The first-order valence-corrected chi connectivity index (χ1v) is 6.32. The third-order valence-corrected chi connectivity index (χ3v) is 3.16. The van der Waals surface area contributed by atoms with Gasteiger partial charge in [0.25, 0.3) is 5.91 Å². The van der Waals surface area contributed by atoms with Crippen LogP contribution in [0.15, 0.2) is 35.3 Å². The Balaban J connectivity index is 1.88. The van der Waals surface area contributed by atoms with Gasteiger partial charge in [-0.3, -0.25) is 4.79 Å². The smallest absolute Gasteiger partial charge is 0.256 e. The fraction of sp³-hybridized carbons (Fsp3) is 0.0833. The molecular formula is C12H10N4OS. The number of hydrogen-bond acceptors (Lipinski definition) is 4. The van der Waals surface area contributed by atoms with Crippen molar-refractivity contribution in [3.8, 4) is 0 Å². The van der Waals surface area contributed by atoms with Crippen molar-refractivity contribution in [1.82, 2.24) is 14.6 Å². The number of thiophene rings is 1. The zero-order chi connectivity index (χ0) is 12.5. The van der Waals surface area contributed by atoms with Crippen LogP contribution in [0.3, 0.4) is 0 Å². The molecule has 6 heteroatoms. The number of carbonyl (C=O) groups is 1. The highest BCUT2D eigenvalue weighted by molar-refractivity contribution is 7.08. The molecule has 0 aliphatic carbocycles. The summed E-state index contributed by atoms with van der Waals surface area (Å²) < 4.78 is 1.65. The normalized spacial score (nSPS) is 10.7. The van der Waals surface area contributed by atoms with Crippen molar-refractivity contribution in [2.75, 3.05) is 5.32 Å². The molecule has 0 radical (unpaired) electrons. The molecule has 0 aliphatic heterocycles. The quantitative estimate of drug-likeness (QED) is 0.767. The van der Waals surface area contributed by atoms with Gasteiger partial charge in [-0.1, -0.05) is 0 Å². The lowest BCUT2D eigenvalue weighted by Gasteiger charge is -2.03. The number of fused-ring (bicyclic) bond motifs is 1. The van der Waals surface area contributed by atoms with E-state index in [4.69, 9.17) is 0 Å². The second kappa shape index (κ2) is 4.23. The highest BCUT2D eigenvalue weighted by atomic mass is 32.1. The van der Waals surface area contributed by atoms with E-state index in [0.717, 1.165) is 11.3 Å². The lowest BCUT2D eigenvalue weighted by atomic mass is 10.3. The van der Waals surface area contributed by atoms with E-state index < -0.39 is 0 Å². The zero-order valence-corrected chi connectivity index (χ0v) is 10.4. The Hall–Kier alpha value is -2.21. The molecule has 0 fully saturated rings. The molecule has 0 saturated heterocycles. The summed E-state index contributed by atoms with van der Waals surface area (Å²) in [5.74, 6) is -0.138. The van der Waals surface area contributed by atoms with E-state index in [1.54, 1.807) is 28.4 Å². The highest BCUT2D eigenvalue weighted by Crippen LogP contribution is 2.12. The van der Waals surface area contributed by atoms with Gasteiger partial charge in [0, 0.05) is 11.4 Å². The summed E-state index contributed by atoms with van der Waals surface area (Å²) >= 11 is 1.49. The monoisotopic (exact) mass is 258 g/mol. The molecule has 0 bridgehead atoms. The van der Waals surface area contributed by atoms with Gasteiger partial charge < -0.3 is 5.32 Å².